The maximum atomic E-state index is 13.3. The number of amides is 1. The highest BCUT2D eigenvalue weighted by Gasteiger charge is 2.38. The Labute approximate surface area is 147 Å². The molecule has 3 atom stereocenters. The van der Waals surface area contributed by atoms with Gasteiger partial charge in [0.25, 0.3) is 5.56 Å². The molecule has 2 aromatic rings. The predicted octanol–water partition coefficient (Wildman–Crippen LogP) is 2.49. The van der Waals surface area contributed by atoms with Gasteiger partial charge in [0, 0.05) is 49.7 Å². The number of hydrogen-bond donors (Lipinski definition) is 0. The number of carbonyl (C=O) groups excluding carboxylic acids is 1. The number of aromatic nitrogens is 2. The van der Waals surface area contributed by atoms with E-state index in [0.29, 0.717) is 12.5 Å². The smallest absolute Gasteiger partial charge is 0.250 e. The first-order chi connectivity index (χ1) is 12.0. The second-order valence-corrected chi connectivity index (χ2v) is 7.76. The van der Waals surface area contributed by atoms with Crippen molar-refractivity contribution < 1.29 is 4.79 Å². The van der Waals surface area contributed by atoms with Gasteiger partial charge in [-0.2, -0.15) is 0 Å². The van der Waals surface area contributed by atoms with Crippen LogP contribution in [0.5, 0.6) is 0 Å². The first-order valence-electron chi connectivity index (χ1n) is 9.15. The zero-order valence-corrected chi connectivity index (χ0v) is 14.8. The molecule has 5 nitrogen and oxygen atoms in total. The molecular formula is C20H25N3O2. The van der Waals surface area contributed by atoms with E-state index >= 15 is 0 Å². The van der Waals surface area contributed by atoms with Crippen LogP contribution in [-0.2, 0) is 11.3 Å². The third kappa shape index (κ3) is 2.81. The lowest BCUT2D eigenvalue weighted by Gasteiger charge is -2.44. The molecule has 1 amide bonds. The van der Waals surface area contributed by atoms with Crippen molar-refractivity contribution >= 4 is 5.91 Å². The molecule has 0 saturated carbocycles. The van der Waals surface area contributed by atoms with Crippen LogP contribution in [0.15, 0.2) is 47.5 Å². The molecule has 25 heavy (non-hydrogen) atoms. The Morgan fingerprint density at radius 1 is 1.08 bits per heavy atom. The molecule has 2 aliphatic rings. The van der Waals surface area contributed by atoms with Gasteiger partial charge in [-0.1, -0.05) is 19.9 Å². The van der Waals surface area contributed by atoms with E-state index in [0.717, 1.165) is 25.2 Å². The molecule has 0 unspecified atom stereocenters. The molecular weight excluding hydrogens is 314 g/mol. The van der Waals surface area contributed by atoms with Gasteiger partial charge in [0.2, 0.25) is 5.91 Å². The summed E-state index contributed by atoms with van der Waals surface area (Å²) in [6.07, 6.45) is 5.02. The van der Waals surface area contributed by atoms with Crippen LogP contribution in [0.3, 0.4) is 0 Å². The summed E-state index contributed by atoms with van der Waals surface area (Å²) < 4.78 is 3.93. The third-order valence-corrected chi connectivity index (χ3v) is 5.62. The number of piperidine rings is 1. The topological polar surface area (TPSA) is 47.2 Å². The van der Waals surface area contributed by atoms with Crippen LogP contribution in [0.4, 0.5) is 0 Å². The largest absolute Gasteiger partial charge is 0.342 e. The fourth-order valence-electron chi connectivity index (χ4n) is 4.55. The van der Waals surface area contributed by atoms with Crippen LogP contribution in [0.2, 0.25) is 0 Å². The summed E-state index contributed by atoms with van der Waals surface area (Å²) in [5.74, 6) is 1.07. The molecule has 5 heteroatoms. The number of carbonyl (C=O) groups is 1. The molecule has 0 spiro atoms. The molecule has 2 aromatic heterocycles. The number of pyridine rings is 1. The highest BCUT2D eigenvalue weighted by atomic mass is 16.2. The zero-order chi connectivity index (χ0) is 17.6. The van der Waals surface area contributed by atoms with Crippen molar-refractivity contribution in [3.63, 3.8) is 0 Å². The van der Waals surface area contributed by atoms with Gasteiger partial charge in [-0.15, -0.1) is 0 Å². The Bertz CT molecular complexity index is 822. The minimum Gasteiger partial charge on any atom is -0.342 e. The summed E-state index contributed by atoms with van der Waals surface area (Å²) >= 11 is 0. The fourth-order valence-corrected chi connectivity index (χ4v) is 4.55. The van der Waals surface area contributed by atoms with Gasteiger partial charge in [-0.3, -0.25) is 9.59 Å². The SMILES string of the molecule is CC(C)[C@@H](C(=O)N1C[C@@H]2C[C@H](C1)c1cccc(=O)n1C2)n1cccc1. The van der Waals surface area contributed by atoms with Crippen molar-refractivity contribution in [2.45, 2.75) is 38.8 Å². The van der Waals surface area contributed by atoms with Crippen molar-refractivity contribution in [3.8, 4) is 0 Å². The zero-order valence-electron chi connectivity index (χ0n) is 14.8. The summed E-state index contributed by atoms with van der Waals surface area (Å²) in [5, 5.41) is 0. The first kappa shape index (κ1) is 16.2. The minimum atomic E-state index is -0.160. The van der Waals surface area contributed by atoms with Crippen molar-refractivity contribution in [1.82, 2.24) is 14.0 Å². The lowest BCUT2D eigenvalue weighted by molar-refractivity contribution is -0.139. The van der Waals surface area contributed by atoms with Crippen LogP contribution < -0.4 is 5.56 Å². The Kier molecular flexibility index (Phi) is 4.02. The quantitative estimate of drug-likeness (QED) is 0.862. The van der Waals surface area contributed by atoms with Crippen molar-refractivity contribution in [1.29, 1.82) is 0 Å². The second-order valence-electron chi connectivity index (χ2n) is 7.76. The van der Waals surface area contributed by atoms with Crippen LogP contribution in [0.1, 0.15) is 37.9 Å². The number of fused-ring (bicyclic) bond motifs is 4. The molecule has 1 fully saturated rings. The summed E-state index contributed by atoms with van der Waals surface area (Å²) in [4.78, 5) is 27.5. The monoisotopic (exact) mass is 339 g/mol. The van der Waals surface area contributed by atoms with Crippen molar-refractivity contribution in [2.24, 2.45) is 11.8 Å². The standard InChI is InChI=1S/C20H25N3O2/c1-14(2)19(21-8-3-4-9-21)20(25)22-11-15-10-16(13-22)17-6-5-7-18(24)23(17)12-15/h3-9,14-16,19H,10-13H2,1-2H3/t15-,16+,19-/m0/s1. The van der Waals surface area contributed by atoms with E-state index in [9.17, 15) is 9.59 Å². The van der Waals surface area contributed by atoms with Crippen LogP contribution in [-0.4, -0.2) is 33.0 Å². The van der Waals surface area contributed by atoms with Crippen LogP contribution in [0, 0.1) is 11.8 Å². The summed E-state index contributed by atoms with van der Waals surface area (Å²) in [6.45, 7) is 6.39. The molecule has 2 bridgehead atoms. The van der Waals surface area contributed by atoms with E-state index in [4.69, 9.17) is 0 Å². The Balaban J connectivity index is 1.61. The van der Waals surface area contributed by atoms with Crippen molar-refractivity contribution in [2.75, 3.05) is 13.1 Å². The van der Waals surface area contributed by atoms with E-state index in [2.05, 4.69) is 13.8 Å². The van der Waals surface area contributed by atoms with Gasteiger partial charge < -0.3 is 14.0 Å². The molecule has 1 saturated heterocycles. The summed E-state index contributed by atoms with van der Waals surface area (Å²) in [5.41, 5.74) is 1.17. The summed E-state index contributed by atoms with van der Waals surface area (Å²) in [6, 6.07) is 9.29. The Morgan fingerprint density at radius 2 is 1.84 bits per heavy atom. The highest BCUT2D eigenvalue weighted by molar-refractivity contribution is 5.81. The average molecular weight is 339 g/mol. The molecule has 2 aliphatic heterocycles. The summed E-state index contributed by atoms with van der Waals surface area (Å²) in [7, 11) is 0. The third-order valence-electron chi connectivity index (χ3n) is 5.62. The van der Waals surface area contributed by atoms with Gasteiger partial charge in [0.1, 0.15) is 6.04 Å². The molecule has 0 aromatic carbocycles. The molecule has 0 radical (unpaired) electrons. The average Bonchev–Trinajstić information content (AvgIpc) is 3.09. The lowest BCUT2D eigenvalue weighted by Crippen LogP contribution is -2.51. The highest BCUT2D eigenvalue weighted by Crippen LogP contribution is 2.36. The van der Waals surface area contributed by atoms with Crippen LogP contribution >= 0.6 is 0 Å². The van der Waals surface area contributed by atoms with E-state index in [-0.39, 0.29) is 29.3 Å². The van der Waals surface area contributed by atoms with Crippen LogP contribution in [0.25, 0.3) is 0 Å². The van der Waals surface area contributed by atoms with Gasteiger partial charge in [-0.25, -0.2) is 0 Å². The molecule has 4 heterocycles. The van der Waals surface area contributed by atoms with E-state index in [1.54, 1.807) is 6.07 Å². The molecule has 132 valence electrons. The maximum absolute atomic E-state index is 13.3. The number of rotatable bonds is 3. The second kappa shape index (κ2) is 6.21. The van der Waals surface area contributed by atoms with Gasteiger partial charge in [0.15, 0.2) is 0 Å². The number of likely N-dealkylation sites (tertiary alicyclic amines) is 1. The molecule has 4 rings (SSSR count). The minimum absolute atomic E-state index is 0.0828. The van der Waals surface area contributed by atoms with E-state index < -0.39 is 0 Å². The molecule has 0 N–H and O–H groups in total. The fraction of sp³-hybridized carbons (Fsp3) is 0.500. The molecule has 0 aliphatic carbocycles. The number of hydrogen-bond acceptors (Lipinski definition) is 2. The van der Waals surface area contributed by atoms with Gasteiger partial charge >= 0.3 is 0 Å². The Hall–Kier alpha value is -2.30. The normalized spacial score (nSPS) is 23.4. The van der Waals surface area contributed by atoms with Crippen molar-refractivity contribution in [3.05, 3.63) is 58.8 Å². The maximum Gasteiger partial charge on any atom is 0.250 e. The van der Waals surface area contributed by atoms with Gasteiger partial charge in [0.05, 0.1) is 0 Å². The lowest BCUT2D eigenvalue weighted by atomic mass is 9.82. The van der Waals surface area contributed by atoms with Gasteiger partial charge in [-0.05, 0) is 36.5 Å². The number of nitrogens with zero attached hydrogens (tertiary/aromatic N) is 3. The van der Waals surface area contributed by atoms with E-state index in [1.165, 1.54) is 0 Å². The van der Waals surface area contributed by atoms with E-state index in [1.807, 2.05) is 50.7 Å². The predicted molar refractivity (Wildman–Crippen MR) is 96.4 cm³/mol. The Morgan fingerprint density at radius 3 is 2.56 bits per heavy atom. The first-order valence-corrected chi connectivity index (χ1v) is 9.15.